The summed E-state index contributed by atoms with van der Waals surface area (Å²) in [6.45, 7) is 5.34. The maximum atomic E-state index is 6.11. The van der Waals surface area contributed by atoms with Crippen LogP contribution in [0.4, 0.5) is 5.95 Å². The van der Waals surface area contributed by atoms with E-state index in [0.717, 1.165) is 47.7 Å². The Morgan fingerprint density at radius 2 is 1.93 bits per heavy atom. The van der Waals surface area contributed by atoms with E-state index in [1.807, 2.05) is 55.0 Å². The van der Waals surface area contributed by atoms with Crippen LogP contribution in [-0.2, 0) is 19.4 Å². The molecule has 7 heteroatoms. The SMILES string of the molecule is CCc1cnc(N(CCc2cs[c]n2)Cc2oc(-c3ccccc3)nc2C)nc1. The Labute approximate surface area is 174 Å². The van der Waals surface area contributed by atoms with Gasteiger partial charge < -0.3 is 9.32 Å². The van der Waals surface area contributed by atoms with Crippen molar-refractivity contribution >= 4 is 17.3 Å². The van der Waals surface area contributed by atoms with Gasteiger partial charge in [-0.15, -0.1) is 11.3 Å². The zero-order chi connectivity index (χ0) is 20.1. The first kappa shape index (κ1) is 19.3. The molecule has 3 aromatic heterocycles. The summed E-state index contributed by atoms with van der Waals surface area (Å²) >= 11 is 1.48. The minimum absolute atomic E-state index is 0.547. The summed E-state index contributed by atoms with van der Waals surface area (Å²) in [6, 6.07) is 9.94. The Hall–Kier alpha value is -3.06. The molecule has 6 nitrogen and oxygen atoms in total. The number of hydrogen-bond donors (Lipinski definition) is 0. The normalized spacial score (nSPS) is 11.0. The van der Waals surface area contributed by atoms with Gasteiger partial charge in [0, 0.05) is 36.3 Å². The third-order valence-corrected chi connectivity index (χ3v) is 5.29. The predicted molar refractivity (Wildman–Crippen MR) is 114 cm³/mol. The minimum atomic E-state index is 0.547. The first-order chi connectivity index (χ1) is 14.2. The minimum Gasteiger partial charge on any atom is -0.439 e. The van der Waals surface area contributed by atoms with Crippen molar-refractivity contribution in [1.82, 2.24) is 19.9 Å². The largest absolute Gasteiger partial charge is 0.439 e. The third-order valence-electron chi connectivity index (χ3n) is 4.71. The molecule has 0 aliphatic heterocycles. The zero-order valence-corrected chi connectivity index (χ0v) is 17.3. The van der Waals surface area contributed by atoms with Crippen LogP contribution in [0.2, 0.25) is 0 Å². The highest BCUT2D eigenvalue weighted by Gasteiger charge is 2.17. The van der Waals surface area contributed by atoms with Gasteiger partial charge in [0.2, 0.25) is 11.8 Å². The molecule has 0 aliphatic carbocycles. The van der Waals surface area contributed by atoms with Gasteiger partial charge in [0.1, 0.15) is 5.76 Å². The van der Waals surface area contributed by atoms with E-state index in [2.05, 4.69) is 37.3 Å². The van der Waals surface area contributed by atoms with Crippen molar-refractivity contribution in [2.75, 3.05) is 11.4 Å². The Balaban J connectivity index is 1.58. The van der Waals surface area contributed by atoms with Crippen LogP contribution in [0.3, 0.4) is 0 Å². The van der Waals surface area contributed by atoms with Gasteiger partial charge in [-0.25, -0.2) is 19.9 Å². The molecule has 0 bridgehead atoms. The van der Waals surface area contributed by atoms with Gasteiger partial charge in [-0.3, -0.25) is 0 Å². The lowest BCUT2D eigenvalue weighted by Gasteiger charge is -2.21. The average molecular weight is 405 g/mol. The number of benzene rings is 1. The van der Waals surface area contributed by atoms with Crippen molar-refractivity contribution in [3.05, 3.63) is 76.3 Å². The van der Waals surface area contributed by atoms with E-state index < -0.39 is 0 Å². The molecule has 0 amide bonds. The second-order valence-corrected chi connectivity index (χ2v) is 7.39. The molecule has 0 spiro atoms. The van der Waals surface area contributed by atoms with Gasteiger partial charge in [-0.2, -0.15) is 0 Å². The summed E-state index contributed by atoms with van der Waals surface area (Å²) in [5.74, 6) is 2.13. The third kappa shape index (κ3) is 4.68. The summed E-state index contributed by atoms with van der Waals surface area (Å²) in [5.41, 5.74) is 6.88. The van der Waals surface area contributed by atoms with Gasteiger partial charge >= 0.3 is 0 Å². The number of nitrogens with zero attached hydrogens (tertiary/aromatic N) is 5. The molecule has 147 valence electrons. The molecule has 0 N–H and O–H groups in total. The number of aromatic nitrogens is 4. The van der Waals surface area contributed by atoms with E-state index in [0.29, 0.717) is 18.4 Å². The molecule has 1 radical (unpaired) electrons. The van der Waals surface area contributed by atoms with Crippen LogP contribution in [0.25, 0.3) is 11.5 Å². The summed E-state index contributed by atoms with van der Waals surface area (Å²) in [7, 11) is 0. The van der Waals surface area contributed by atoms with E-state index in [9.17, 15) is 0 Å². The molecule has 4 aromatic rings. The van der Waals surface area contributed by atoms with Crippen molar-refractivity contribution in [2.24, 2.45) is 0 Å². The van der Waals surface area contributed by atoms with Crippen molar-refractivity contribution in [3.63, 3.8) is 0 Å². The number of thiazole rings is 1. The Kier molecular flexibility index (Phi) is 5.95. The monoisotopic (exact) mass is 404 g/mol. The van der Waals surface area contributed by atoms with E-state index in [-0.39, 0.29) is 0 Å². The van der Waals surface area contributed by atoms with Crippen LogP contribution in [0.1, 0.15) is 29.6 Å². The molecule has 0 fully saturated rings. The molecule has 0 saturated carbocycles. The van der Waals surface area contributed by atoms with Crippen LogP contribution in [-0.4, -0.2) is 26.5 Å². The van der Waals surface area contributed by atoms with Crippen LogP contribution < -0.4 is 4.90 Å². The smallest absolute Gasteiger partial charge is 0.226 e. The standard InChI is InChI=1S/C22H22N5OS/c1-3-17-11-23-22(24-12-17)27(10-9-19-14-29-15-25-19)13-20-16(2)26-21(28-20)18-7-5-4-6-8-18/h4-8,11-12,14H,3,9-10,13H2,1-2H3. The second-order valence-electron chi connectivity index (χ2n) is 6.74. The van der Waals surface area contributed by atoms with E-state index in [4.69, 9.17) is 4.42 Å². The lowest BCUT2D eigenvalue weighted by atomic mass is 10.2. The summed E-state index contributed by atoms with van der Waals surface area (Å²) in [5, 5.41) is 2.02. The molecule has 3 heterocycles. The molecule has 0 atom stereocenters. The number of rotatable bonds is 8. The number of oxazole rings is 1. The summed E-state index contributed by atoms with van der Waals surface area (Å²) < 4.78 is 6.11. The van der Waals surface area contributed by atoms with Gasteiger partial charge in [0.25, 0.3) is 0 Å². The maximum absolute atomic E-state index is 6.11. The van der Waals surface area contributed by atoms with Crippen LogP contribution >= 0.6 is 11.3 Å². The second kappa shape index (κ2) is 8.96. The van der Waals surface area contributed by atoms with Crippen molar-refractivity contribution in [2.45, 2.75) is 33.2 Å². The highest BCUT2D eigenvalue weighted by atomic mass is 32.1. The predicted octanol–water partition coefficient (Wildman–Crippen LogP) is 4.51. The first-order valence-corrected chi connectivity index (χ1v) is 10.5. The van der Waals surface area contributed by atoms with Crippen molar-refractivity contribution in [1.29, 1.82) is 0 Å². The van der Waals surface area contributed by atoms with Crippen LogP contribution in [0.5, 0.6) is 0 Å². The molecule has 0 unspecified atom stereocenters. The maximum Gasteiger partial charge on any atom is 0.226 e. The van der Waals surface area contributed by atoms with E-state index in [1.165, 1.54) is 11.3 Å². The number of hydrogen-bond acceptors (Lipinski definition) is 7. The molecule has 29 heavy (non-hydrogen) atoms. The molecule has 0 saturated heterocycles. The highest BCUT2D eigenvalue weighted by Crippen LogP contribution is 2.24. The van der Waals surface area contributed by atoms with Gasteiger partial charge in [-0.05, 0) is 31.0 Å². The topological polar surface area (TPSA) is 67.9 Å². The molecular weight excluding hydrogens is 382 g/mol. The first-order valence-electron chi connectivity index (χ1n) is 9.61. The quantitative estimate of drug-likeness (QED) is 0.430. The molecular formula is C22H22N5OS. The van der Waals surface area contributed by atoms with Gasteiger partial charge in [0.05, 0.1) is 17.9 Å². The van der Waals surface area contributed by atoms with E-state index >= 15 is 0 Å². The Bertz CT molecular complexity index is 1030. The van der Waals surface area contributed by atoms with Crippen LogP contribution in [0.15, 0.2) is 52.5 Å². The van der Waals surface area contributed by atoms with Crippen LogP contribution in [0, 0.1) is 12.4 Å². The fraction of sp³-hybridized carbons (Fsp3) is 0.273. The fourth-order valence-corrected chi connectivity index (χ4v) is 3.50. The Morgan fingerprint density at radius 3 is 2.62 bits per heavy atom. The molecule has 1 aromatic carbocycles. The highest BCUT2D eigenvalue weighted by molar-refractivity contribution is 7.07. The van der Waals surface area contributed by atoms with Gasteiger partial charge in [-0.1, -0.05) is 25.1 Å². The van der Waals surface area contributed by atoms with E-state index in [1.54, 1.807) is 0 Å². The van der Waals surface area contributed by atoms with Crippen molar-refractivity contribution < 1.29 is 4.42 Å². The lowest BCUT2D eigenvalue weighted by molar-refractivity contribution is 0.505. The van der Waals surface area contributed by atoms with Gasteiger partial charge in [0.15, 0.2) is 5.51 Å². The molecule has 4 rings (SSSR count). The van der Waals surface area contributed by atoms with Crippen molar-refractivity contribution in [3.8, 4) is 11.5 Å². The fourth-order valence-electron chi connectivity index (χ4n) is 2.97. The summed E-state index contributed by atoms with van der Waals surface area (Å²) in [4.78, 5) is 20.1. The summed E-state index contributed by atoms with van der Waals surface area (Å²) in [6.07, 6.45) is 5.47. The Morgan fingerprint density at radius 1 is 1.14 bits per heavy atom. The number of anilines is 1. The molecule has 0 aliphatic rings. The average Bonchev–Trinajstić information content (AvgIpc) is 3.42. The zero-order valence-electron chi connectivity index (χ0n) is 16.5. The number of aryl methyl sites for hydroxylation is 2. The lowest BCUT2D eigenvalue weighted by Crippen LogP contribution is -2.27.